The molecule has 144 valence electrons. The molecule has 0 aliphatic heterocycles. The Hall–Kier alpha value is -1.99. The molecule has 1 amide bonds. The molecule has 0 aliphatic carbocycles. The molecule has 27 heavy (non-hydrogen) atoms. The van der Waals surface area contributed by atoms with Crippen molar-refractivity contribution in [2.75, 3.05) is 19.7 Å². The third-order valence-electron chi connectivity index (χ3n) is 4.05. The van der Waals surface area contributed by atoms with Crippen molar-refractivity contribution in [2.45, 2.75) is 27.7 Å². The number of aliphatic imine (C=N–C) groups is 1. The van der Waals surface area contributed by atoms with Gasteiger partial charge in [0.2, 0.25) is 0 Å². The first-order valence-electron chi connectivity index (χ1n) is 8.82. The number of carbonyl (C=O) groups is 2. The highest BCUT2D eigenvalue weighted by molar-refractivity contribution is 9.10. The Labute approximate surface area is 172 Å². The van der Waals surface area contributed by atoms with Gasteiger partial charge in [-0.25, -0.2) is 9.79 Å². The zero-order valence-corrected chi connectivity index (χ0v) is 18.3. The van der Waals surface area contributed by atoms with Crippen LogP contribution in [0.15, 0.2) is 33.7 Å². The zero-order valence-electron chi connectivity index (χ0n) is 15.9. The number of amides is 1. The first-order chi connectivity index (χ1) is 12.9. The number of nitrogens with zero attached hydrogens (tertiary/aromatic N) is 2. The van der Waals surface area contributed by atoms with Gasteiger partial charge in [-0.3, -0.25) is 4.79 Å². The summed E-state index contributed by atoms with van der Waals surface area (Å²) in [6, 6.07) is 7.67. The minimum absolute atomic E-state index is 0.0851. The molecule has 0 atom stereocenters. The number of carbonyl (C=O) groups excluding carboxylic acids is 2. The average molecular weight is 451 g/mol. The number of thiophene rings is 1. The van der Waals surface area contributed by atoms with Crippen LogP contribution in [0, 0.1) is 6.92 Å². The lowest BCUT2D eigenvalue weighted by molar-refractivity contribution is 0.0527. The fourth-order valence-corrected chi connectivity index (χ4v) is 3.95. The van der Waals surface area contributed by atoms with Crippen LogP contribution in [0.3, 0.4) is 0 Å². The summed E-state index contributed by atoms with van der Waals surface area (Å²) in [4.78, 5) is 32.0. The summed E-state index contributed by atoms with van der Waals surface area (Å²) in [6.07, 6.45) is 1.69. The van der Waals surface area contributed by atoms with E-state index in [9.17, 15) is 9.59 Å². The van der Waals surface area contributed by atoms with Gasteiger partial charge in [0.05, 0.1) is 11.5 Å². The number of rotatable bonds is 7. The van der Waals surface area contributed by atoms with Gasteiger partial charge in [-0.2, -0.15) is 0 Å². The number of halogens is 1. The van der Waals surface area contributed by atoms with Crippen LogP contribution in [0.1, 0.15) is 51.9 Å². The van der Waals surface area contributed by atoms with Crippen LogP contribution in [-0.2, 0) is 4.74 Å². The van der Waals surface area contributed by atoms with E-state index >= 15 is 0 Å². The lowest BCUT2D eigenvalue weighted by Crippen LogP contribution is -2.30. The summed E-state index contributed by atoms with van der Waals surface area (Å²) >= 11 is 4.63. The largest absolute Gasteiger partial charge is 0.462 e. The quantitative estimate of drug-likeness (QED) is 0.428. The lowest BCUT2D eigenvalue weighted by Gasteiger charge is -2.17. The Balaban J connectivity index is 2.47. The van der Waals surface area contributed by atoms with Gasteiger partial charge in [-0.15, -0.1) is 11.3 Å². The normalized spacial score (nSPS) is 11.0. The highest BCUT2D eigenvalue weighted by Gasteiger charge is 2.27. The molecule has 0 radical (unpaired) electrons. The topological polar surface area (TPSA) is 59.0 Å². The molecule has 1 heterocycles. The molecular weight excluding hydrogens is 428 g/mol. The predicted octanol–water partition coefficient (Wildman–Crippen LogP) is 5.23. The minimum atomic E-state index is -0.451. The highest BCUT2D eigenvalue weighted by Crippen LogP contribution is 2.36. The molecule has 0 fully saturated rings. The number of hydrogen-bond acceptors (Lipinski definition) is 5. The first kappa shape index (κ1) is 21.3. The second kappa shape index (κ2) is 9.80. The van der Waals surface area contributed by atoms with Crippen molar-refractivity contribution in [2.24, 2.45) is 4.99 Å². The number of ether oxygens (including phenoxy) is 1. The summed E-state index contributed by atoms with van der Waals surface area (Å²) in [6.45, 7) is 8.89. The van der Waals surface area contributed by atoms with Gasteiger partial charge in [0.15, 0.2) is 0 Å². The van der Waals surface area contributed by atoms with E-state index < -0.39 is 5.97 Å². The molecule has 0 N–H and O–H groups in total. The fraction of sp³-hybridized carbons (Fsp3) is 0.350. The molecule has 1 aromatic carbocycles. The van der Waals surface area contributed by atoms with Crippen molar-refractivity contribution in [1.82, 2.24) is 4.90 Å². The van der Waals surface area contributed by atoms with E-state index in [4.69, 9.17) is 4.74 Å². The fourth-order valence-electron chi connectivity index (χ4n) is 2.57. The average Bonchev–Trinajstić information content (AvgIpc) is 2.98. The van der Waals surface area contributed by atoms with Gasteiger partial charge in [0.1, 0.15) is 10.6 Å². The van der Waals surface area contributed by atoms with Crippen LogP contribution in [0.5, 0.6) is 0 Å². The van der Waals surface area contributed by atoms with Crippen molar-refractivity contribution >= 4 is 50.4 Å². The van der Waals surface area contributed by atoms with Gasteiger partial charge in [0.25, 0.3) is 5.91 Å². The van der Waals surface area contributed by atoms with Gasteiger partial charge in [-0.05, 0) is 51.0 Å². The maximum Gasteiger partial charge on any atom is 0.341 e. The monoisotopic (exact) mass is 450 g/mol. The van der Waals surface area contributed by atoms with E-state index in [1.165, 1.54) is 11.3 Å². The summed E-state index contributed by atoms with van der Waals surface area (Å²) in [5.74, 6) is -0.536. The van der Waals surface area contributed by atoms with E-state index in [1.807, 2.05) is 38.1 Å². The molecule has 0 aliphatic rings. The molecule has 0 unspecified atom stereocenters. The molecule has 1 aromatic heterocycles. The smallest absolute Gasteiger partial charge is 0.341 e. The SMILES string of the molecule is CCOC(=O)c1c(N=Cc2ccc(Br)cc2)sc(C(=O)N(CC)CC)c1C. The van der Waals surface area contributed by atoms with E-state index in [2.05, 4.69) is 20.9 Å². The van der Waals surface area contributed by atoms with Crippen molar-refractivity contribution in [3.8, 4) is 0 Å². The van der Waals surface area contributed by atoms with E-state index in [0.29, 0.717) is 34.1 Å². The third kappa shape index (κ3) is 5.05. The third-order valence-corrected chi connectivity index (χ3v) is 5.77. The Morgan fingerprint density at radius 2 is 1.81 bits per heavy atom. The van der Waals surface area contributed by atoms with Gasteiger partial charge in [0, 0.05) is 23.8 Å². The summed E-state index contributed by atoms with van der Waals surface area (Å²) in [7, 11) is 0. The van der Waals surface area contributed by atoms with Crippen molar-refractivity contribution in [3.05, 3.63) is 50.3 Å². The first-order valence-corrected chi connectivity index (χ1v) is 10.4. The second-order valence-electron chi connectivity index (χ2n) is 5.74. The van der Waals surface area contributed by atoms with Crippen molar-refractivity contribution < 1.29 is 14.3 Å². The van der Waals surface area contributed by atoms with Crippen LogP contribution >= 0.6 is 27.3 Å². The Bertz CT molecular complexity index is 840. The van der Waals surface area contributed by atoms with Gasteiger partial charge >= 0.3 is 5.97 Å². The number of hydrogen-bond donors (Lipinski definition) is 0. The molecule has 0 saturated carbocycles. The zero-order chi connectivity index (χ0) is 20.0. The van der Waals surface area contributed by atoms with E-state index in [0.717, 1.165) is 10.0 Å². The van der Waals surface area contributed by atoms with Crippen LogP contribution < -0.4 is 0 Å². The molecule has 0 saturated heterocycles. The second-order valence-corrected chi connectivity index (χ2v) is 7.66. The predicted molar refractivity (Wildman–Crippen MR) is 114 cm³/mol. The van der Waals surface area contributed by atoms with Gasteiger partial charge in [-0.1, -0.05) is 28.1 Å². The Morgan fingerprint density at radius 1 is 1.19 bits per heavy atom. The highest BCUT2D eigenvalue weighted by atomic mass is 79.9. The lowest BCUT2D eigenvalue weighted by atomic mass is 10.1. The van der Waals surface area contributed by atoms with E-state index in [-0.39, 0.29) is 12.5 Å². The van der Waals surface area contributed by atoms with E-state index in [1.54, 1.807) is 25.0 Å². The molecule has 2 aromatic rings. The molecule has 5 nitrogen and oxygen atoms in total. The molecule has 0 bridgehead atoms. The molecule has 2 rings (SSSR count). The number of esters is 1. The summed E-state index contributed by atoms with van der Waals surface area (Å²) in [5.41, 5.74) is 1.89. The maximum absolute atomic E-state index is 12.8. The Kier molecular flexibility index (Phi) is 7.74. The van der Waals surface area contributed by atoms with Crippen LogP contribution in [0.25, 0.3) is 0 Å². The Morgan fingerprint density at radius 3 is 2.37 bits per heavy atom. The molecule has 7 heteroatoms. The minimum Gasteiger partial charge on any atom is -0.462 e. The standard InChI is InChI=1S/C20H23BrN2O3S/c1-5-23(6-2)19(24)17-13(4)16(20(25)26-7-3)18(27-17)22-12-14-8-10-15(21)11-9-14/h8-12H,5-7H2,1-4H3. The number of benzene rings is 1. The van der Waals surface area contributed by atoms with Crippen LogP contribution in [0.4, 0.5) is 5.00 Å². The van der Waals surface area contributed by atoms with Crippen molar-refractivity contribution in [1.29, 1.82) is 0 Å². The molecule has 0 spiro atoms. The summed E-state index contributed by atoms with van der Waals surface area (Å²) < 4.78 is 6.16. The molecular formula is C20H23BrN2O3S. The van der Waals surface area contributed by atoms with Crippen molar-refractivity contribution in [3.63, 3.8) is 0 Å². The maximum atomic E-state index is 12.8. The van der Waals surface area contributed by atoms with Crippen LogP contribution in [0.2, 0.25) is 0 Å². The van der Waals surface area contributed by atoms with Crippen LogP contribution in [-0.4, -0.2) is 42.7 Å². The summed E-state index contributed by atoms with van der Waals surface area (Å²) in [5, 5.41) is 0.490. The van der Waals surface area contributed by atoms with Gasteiger partial charge < -0.3 is 9.64 Å².